The van der Waals surface area contributed by atoms with Gasteiger partial charge in [0.2, 0.25) is 5.95 Å². The summed E-state index contributed by atoms with van der Waals surface area (Å²) < 4.78 is 0. The van der Waals surface area contributed by atoms with Crippen LogP contribution in [0, 0.1) is 0 Å². The van der Waals surface area contributed by atoms with Crippen molar-refractivity contribution in [3.05, 3.63) is 11.8 Å². The van der Waals surface area contributed by atoms with Crippen LogP contribution < -0.4 is 11.5 Å². The summed E-state index contributed by atoms with van der Waals surface area (Å²) in [6, 6.07) is 0. The van der Waals surface area contributed by atoms with Crippen LogP contribution in [0.2, 0.25) is 0 Å². The van der Waals surface area contributed by atoms with E-state index >= 15 is 0 Å². The highest BCUT2D eigenvalue weighted by atomic mass is 16.3. The molecule has 84 valence electrons. The Balaban J connectivity index is 2.70. The Bertz CT molecular complexity index is 317. The first kappa shape index (κ1) is 11.7. The van der Waals surface area contributed by atoms with Crippen molar-refractivity contribution in [2.45, 2.75) is 13.5 Å². The molecule has 1 aromatic rings. The van der Waals surface area contributed by atoms with Gasteiger partial charge in [-0.25, -0.2) is 4.98 Å². The largest absolute Gasteiger partial charge is 0.395 e. The second-order valence-electron chi connectivity index (χ2n) is 3.23. The van der Waals surface area contributed by atoms with Crippen molar-refractivity contribution < 1.29 is 5.11 Å². The summed E-state index contributed by atoms with van der Waals surface area (Å²) >= 11 is 0. The molecule has 0 saturated carbocycles. The molecule has 0 fully saturated rings. The van der Waals surface area contributed by atoms with Crippen LogP contribution in [-0.2, 0) is 6.54 Å². The standard InChI is InChI=1S/C9H17N5O/c1-2-14(3-4-15)6-7-5-12-9(11)13-8(7)10/h5,15H,2-4,6H2,1H3,(H4,10,11,12,13). The molecule has 0 saturated heterocycles. The lowest BCUT2D eigenvalue weighted by Gasteiger charge is -2.19. The van der Waals surface area contributed by atoms with Crippen LogP contribution in [0.15, 0.2) is 6.20 Å². The lowest BCUT2D eigenvalue weighted by atomic mass is 10.3. The highest BCUT2D eigenvalue weighted by Gasteiger charge is 2.07. The molecule has 0 unspecified atom stereocenters. The number of aliphatic hydroxyl groups is 1. The predicted octanol–water partition coefficient (Wildman–Crippen LogP) is -0.545. The van der Waals surface area contributed by atoms with Crippen molar-refractivity contribution in [2.24, 2.45) is 0 Å². The van der Waals surface area contributed by atoms with Crippen LogP contribution in [-0.4, -0.2) is 39.7 Å². The first-order valence-electron chi connectivity index (χ1n) is 4.87. The van der Waals surface area contributed by atoms with Gasteiger partial charge in [0, 0.05) is 24.8 Å². The average molecular weight is 211 g/mol. The highest BCUT2D eigenvalue weighted by Crippen LogP contribution is 2.10. The van der Waals surface area contributed by atoms with Crippen molar-refractivity contribution in [1.29, 1.82) is 0 Å². The van der Waals surface area contributed by atoms with Gasteiger partial charge in [-0.1, -0.05) is 6.92 Å². The Kier molecular flexibility index (Phi) is 4.26. The molecular formula is C9H17N5O. The number of aliphatic hydroxyl groups excluding tert-OH is 1. The number of hydrogen-bond donors (Lipinski definition) is 3. The Hall–Kier alpha value is -1.40. The van der Waals surface area contributed by atoms with Gasteiger partial charge < -0.3 is 16.6 Å². The first-order chi connectivity index (χ1) is 7.17. The molecule has 0 spiro atoms. The summed E-state index contributed by atoms with van der Waals surface area (Å²) in [6.45, 7) is 4.22. The lowest BCUT2D eigenvalue weighted by molar-refractivity contribution is 0.197. The van der Waals surface area contributed by atoms with Gasteiger partial charge in [0.25, 0.3) is 0 Å². The Morgan fingerprint density at radius 3 is 2.73 bits per heavy atom. The smallest absolute Gasteiger partial charge is 0.221 e. The molecule has 0 bridgehead atoms. The molecule has 0 amide bonds. The molecular weight excluding hydrogens is 194 g/mol. The van der Waals surface area contributed by atoms with Crippen LogP contribution in [0.25, 0.3) is 0 Å². The fourth-order valence-corrected chi connectivity index (χ4v) is 1.29. The minimum atomic E-state index is 0.129. The van der Waals surface area contributed by atoms with Crippen LogP contribution in [0.5, 0.6) is 0 Å². The van der Waals surface area contributed by atoms with E-state index in [-0.39, 0.29) is 12.6 Å². The number of hydrogen-bond acceptors (Lipinski definition) is 6. The van der Waals surface area contributed by atoms with Gasteiger partial charge in [-0.3, -0.25) is 4.90 Å². The fraction of sp³-hybridized carbons (Fsp3) is 0.556. The van der Waals surface area contributed by atoms with E-state index in [0.717, 1.165) is 12.1 Å². The van der Waals surface area contributed by atoms with Gasteiger partial charge in [0.1, 0.15) is 5.82 Å². The van der Waals surface area contributed by atoms with Crippen LogP contribution in [0.1, 0.15) is 12.5 Å². The maximum Gasteiger partial charge on any atom is 0.221 e. The quantitative estimate of drug-likeness (QED) is 0.604. The van der Waals surface area contributed by atoms with E-state index in [2.05, 4.69) is 9.97 Å². The van der Waals surface area contributed by atoms with Crippen LogP contribution >= 0.6 is 0 Å². The lowest BCUT2D eigenvalue weighted by Crippen LogP contribution is -2.26. The summed E-state index contributed by atoms with van der Waals surface area (Å²) in [5.41, 5.74) is 11.9. The minimum Gasteiger partial charge on any atom is -0.395 e. The first-order valence-corrected chi connectivity index (χ1v) is 4.87. The van der Waals surface area contributed by atoms with Gasteiger partial charge >= 0.3 is 0 Å². The number of rotatable bonds is 5. The predicted molar refractivity (Wildman–Crippen MR) is 58.9 cm³/mol. The molecule has 0 aliphatic rings. The molecule has 5 N–H and O–H groups in total. The topological polar surface area (TPSA) is 101 Å². The zero-order chi connectivity index (χ0) is 11.3. The maximum atomic E-state index is 8.84. The number of nitrogen functional groups attached to an aromatic ring is 2. The Morgan fingerprint density at radius 2 is 2.20 bits per heavy atom. The molecule has 0 atom stereocenters. The number of nitrogens with zero attached hydrogens (tertiary/aromatic N) is 3. The number of anilines is 2. The second-order valence-corrected chi connectivity index (χ2v) is 3.23. The Morgan fingerprint density at radius 1 is 1.47 bits per heavy atom. The zero-order valence-electron chi connectivity index (χ0n) is 8.85. The maximum absolute atomic E-state index is 8.84. The van der Waals surface area contributed by atoms with E-state index in [4.69, 9.17) is 16.6 Å². The van der Waals surface area contributed by atoms with Crippen molar-refractivity contribution >= 4 is 11.8 Å². The van der Waals surface area contributed by atoms with Gasteiger partial charge in [-0.15, -0.1) is 0 Å². The number of likely N-dealkylation sites (N-methyl/N-ethyl adjacent to an activating group) is 1. The number of nitrogens with two attached hydrogens (primary N) is 2. The molecule has 0 radical (unpaired) electrons. The van der Waals surface area contributed by atoms with E-state index in [0.29, 0.717) is 18.9 Å². The molecule has 6 heteroatoms. The summed E-state index contributed by atoms with van der Waals surface area (Å²) in [5, 5.41) is 8.84. The third kappa shape index (κ3) is 3.34. The summed E-state index contributed by atoms with van der Waals surface area (Å²) in [4.78, 5) is 9.81. The van der Waals surface area contributed by atoms with Crippen molar-refractivity contribution in [2.75, 3.05) is 31.2 Å². The third-order valence-electron chi connectivity index (χ3n) is 2.17. The van der Waals surface area contributed by atoms with Crippen LogP contribution in [0.3, 0.4) is 0 Å². The SMILES string of the molecule is CCN(CCO)Cc1cnc(N)nc1N. The Labute approximate surface area is 88.9 Å². The van der Waals surface area contributed by atoms with Gasteiger partial charge in [-0.05, 0) is 6.54 Å². The average Bonchev–Trinajstić information content (AvgIpc) is 2.21. The molecule has 1 heterocycles. The summed E-state index contributed by atoms with van der Waals surface area (Å²) in [7, 11) is 0. The van der Waals surface area contributed by atoms with Crippen molar-refractivity contribution in [1.82, 2.24) is 14.9 Å². The molecule has 1 aromatic heterocycles. The third-order valence-corrected chi connectivity index (χ3v) is 2.17. The molecule has 1 rings (SSSR count). The highest BCUT2D eigenvalue weighted by molar-refractivity contribution is 5.41. The fourth-order valence-electron chi connectivity index (χ4n) is 1.29. The van der Waals surface area contributed by atoms with E-state index in [1.165, 1.54) is 0 Å². The summed E-state index contributed by atoms with van der Waals surface area (Å²) in [5.74, 6) is 0.584. The second kappa shape index (κ2) is 5.47. The van der Waals surface area contributed by atoms with E-state index in [9.17, 15) is 0 Å². The van der Waals surface area contributed by atoms with E-state index < -0.39 is 0 Å². The molecule has 0 aromatic carbocycles. The van der Waals surface area contributed by atoms with Crippen LogP contribution in [0.4, 0.5) is 11.8 Å². The van der Waals surface area contributed by atoms with Crippen molar-refractivity contribution in [3.63, 3.8) is 0 Å². The molecule has 6 nitrogen and oxygen atoms in total. The number of aromatic nitrogens is 2. The van der Waals surface area contributed by atoms with Crippen molar-refractivity contribution in [3.8, 4) is 0 Å². The van der Waals surface area contributed by atoms with E-state index in [1.54, 1.807) is 6.20 Å². The molecule has 0 aliphatic carbocycles. The van der Waals surface area contributed by atoms with Gasteiger partial charge in [-0.2, -0.15) is 4.98 Å². The zero-order valence-corrected chi connectivity index (χ0v) is 8.85. The normalized spacial score (nSPS) is 10.9. The monoisotopic (exact) mass is 211 g/mol. The van der Waals surface area contributed by atoms with E-state index in [1.807, 2.05) is 11.8 Å². The van der Waals surface area contributed by atoms with Gasteiger partial charge in [0.15, 0.2) is 0 Å². The molecule has 0 aliphatic heterocycles. The summed E-state index contributed by atoms with van der Waals surface area (Å²) in [6.07, 6.45) is 1.62. The van der Waals surface area contributed by atoms with Gasteiger partial charge in [0.05, 0.1) is 6.61 Å². The minimum absolute atomic E-state index is 0.129. The molecule has 15 heavy (non-hydrogen) atoms.